The van der Waals surface area contributed by atoms with Crippen LogP contribution in [0.4, 0.5) is 0 Å². The van der Waals surface area contributed by atoms with Crippen LogP contribution in [0.1, 0.15) is 5.56 Å². The third-order valence-electron chi connectivity index (χ3n) is 2.65. The number of aryl methyl sites for hydroxylation is 2. The Hall–Kier alpha value is -2.23. The SMILES string of the molecule is Cc1ccnc(-c2ccc3nn(C)cc3n2)c1. The zero-order chi connectivity index (χ0) is 11.8. The molecular formula is C13H12N4. The number of nitrogens with zero attached hydrogens (tertiary/aromatic N) is 4. The molecule has 3 aromatic rings. The first-order valence-corrected chi connectivity index (χ1v) is 5.46. The molecule has 17 heavy (non-hydrogen) atoms. The molecule has 3 aromatic heterocycles. The van der Waals surface area contributed by atoms with Crippen molar-refractivity contribution in [3.63, 3.8) is 0 Å². The highest BCUT2D eigenvalue weighted by Gasteiger charge is 2.05. The van der Waals surface area contributed by atoms with Crippen molar-refractivity contribution >= 4 is 11.0 Å². The largest absolute Gasteiger partial charge is 0.273 e. The number of aromatic nitrogens is 4. The number of fused-ring (bicyclic) bond motifs is 1. The van der Waals surface area contributed by atoms with E-state index in [2.05, 4.69) is 15.1 Å². The lowest BCUT2D eigenvalue weighted by Gasteiger charge is -2.00. The van der Waals surface area contributed by atoms with Crippen LogP contribution in [0.25, 0.3) is 22.4 Å². The summed E-state index contributed by atoms with van der Waals surface area (Å²) < 4.78 is 1.77. The predicted octanol–water partition coefficient (Wildman–Crippen LogP) is 2.34. The van der Waals surface area contributed by atoms with Crippen molar-refractivity contribution in [1.82, 2.24) is 19.7 Å². The Kier molecular flexibility index (Phi) is 2.14. The Bertz CT molecular complexity index is 685. The Balaban J connectivity index is 2.17. The van der Waals surface area contributed by atoms with Crippen LogP contribution in [0, 0.1) is 6.92 Å². The van der Waals surface area contributed by atoms with Gasteiger partial charge in [-0.3, -0.25) is 9.67 Å². The normalized spacial score (nSPS) is 10.9. The van der Waals surface area contributed by atoms with E-state index in [9.17, 15) is 0 Å². The Morgan fingerprint density at radius 3 is 2.76 bits per heavy atom. The van der Waals surface area contributed by atoms with Gasteiger partial charge < -0.3 is 0 Å². The fourth-order valence-electron chi connectivity index (χ4n) is 1.84. The van der Waals surface area contributed by atoms with E-state index in [0.29, 0.717) is 0 Å². The molecular weight excluding hydrogens is 212 g/mol. The smallest absolute Gasteiger partial charge is 0.111 e. The van der Waals surface area contributed by atoms with Crippen molar-refractivity contribution in [2.24, 2.45) is 7.05 Å². The molecule has 0 unspecified atom stereocenters. The van der Waals surface area contributed by atoms with Gasteiger partial charge in [-0.2, -0.15) is 5.10 Å². The minimum Gasteiger partial charge on any atom is -0.273 e. The van der Waals surface area contributed by atoms with Gasteiger partial charge in [-0.1, -0.05) is 0 Å². The van der Waals surface area contributed by atoms with Crippen LogP contribution in [-0.2, 0) is 7.05 Å². The predicted molar refractivity (Wildman–Crippen MR) is 66.5 cm³/mol. The lowest BCUT2D eigenvalue weighted by molar-refractivity contribution is 0.779. The second kappa shape index (κ2) is 3.66. The fourth-order valence-corrected chi connectivity index (χ4v) is 1.84. The summed E-state index contributed by atoms with van der Waals surface area (Å²) in [5.74, 6) is 0. The van der Waals surface area contributed by atoms with Crippen molar-refractivity contribution in [2.45, 2.75) is 6.92 Å². The third kappa shape index (κ3) is 1.78. The second-order valence-electron chi connectivity index (χ2n) is 4.12. The van der Waals surface area contributed by atoms with Gasteiger partial charge in [0.1, 0.15) is 11.0 Å². The molecule has 0 aliphatic carbocycles. The highest BCUT2D eigenvalue weighted by atomic mass is 15.3. The molecule has 0 aliphatic heterocycles. The average Bonchev–Trinajstić information content (AvgIpc) is 2.68. The van der Waals surface area contributed by atoms with Crippen LogP contribution >= 0.6 is 0 Å². The van der Waals surface area contributed by atoms with Gasteiger partial charge in [0, 0.05) is 13.2 Å². The van der Waals surface area contributed by atoms with Crippen LogP contribution < -0.4 is 0 Å². The minimum absolute atomic E-state index is 0.884. The second-order valence-corrected chi connectivity index (χ2v) is 4.12. The number of hydrogen-bond donors (Lipinski definition) is 0. The van der Waals surface area contributed by atoms with E-state index >= 15 is 0 Å². The van der Waals surface area contributed by atoms with E-state index in [1.54, 1.807) is 10.9 Å². The summed E-state index contributed by atoms with van der Waals surface area (Å²) in [5, 5.41) is 4.30. The summed E-state index contributed by atoms with van der Waals surface area (Å²) in [6.07, 6.45) is 3.72. The molecule has 0 aromatic carbocycles. The molecule has 4 heteroatoms. The summed E-state index contributed by atoms with van der Waals surface area (Å²) in [7, 11) is 1.90. The number of hydrogen-bond acceptors (Lipinski definition) is 3. The molecule has 0 amide bonds. The Morgan fingerprint density at radius 1 is 1.06 bits per heavy atom. The van der Waals surface area contributed by atoms with Crippen molar-refractivity contribution in [3.05, 3.63) is 42.2 Å². The topological polar surface area (TPSA) is 43.6 Å². The molecule has 0 spiro atoms. The molecule has 84 valence electrons. The summed E-state index contributed by atoms with van der Waals surface area (Å²) in [4.78, 5) is 8.90. The molecule has 0 N–H and O–H groups in total. The average molecular weight is 224 g/mol. The van der Waals surface area contributed by atoms with Gasteiger partial charge in [-0.25, -0.2) is 4.98 Å². The van der Waals surface area contributed by atoms with Crippen LogP contribution in [0.5, 0.6) is 0 Å². The van der Waals surface area contributed by atoms with Gasteiger partial charge >= 0.3 is 0 Å². The summed E-state index contributed by atoms with van der Waals surface area (Å²) in [6.45, 7) is 2.05. The Morgan fingerprint density at radius 2 is 1.94 bits per heavy atom. The summed E-state index contributed by atoms with van der Waals surface area (Å²) in [5.41, 5.74) is 4.77. The minimum atomic E-state index is 0.884. The third-order valence-corrected chi connectivity index (χ3v) is 2.65. The highest BCUT2D eigenvalue weighted by Crippen LogP contribution is 2.18. The monoisotopic (exact) mass is 224 g/mol. The van der Waals surface area contributed by atoms with E-state index in [-0.39, 0.29) is 0 Å². The first-order valence-electron chi connectivity index (χ1n) is 5.46. The maximum Gasteiger partial charge on any atom is 0.111 e. The molecule has 0 radical (unpaired) electrons. The quantitative estimate of drug-likeness (QED) is 0.637. The molecule has 3 heterocycles. The fraction of sp³-hybridized carbons (Fsp3) is 0.154. The van der Waals surface area contributed by atoms with Gasteiger partial charge in [0.25, 0.3) is 0 Å². The lowest BCUT2D eigenvalue weighted by atomic mass is 10.2. The molecule has 4 nitrogen and oxygen atoms in total. The van der Waals surface area contributed by atoms with Crippen LogP contribution in [0.2, 0.25) is 0 Å². The van der Waals surface area contributed by atoms with Gasteiger partial charge in [-0.05, 0) is 36.8 Å². The van der Waals surface area contributed by atoms with Gasteiger partial charge in [0.2, 0.25) is 0 Å². The molecule has 0 aliphatic rings. The lowest BCUT2D eigenvalue weighted by Crippen LogP contribution is -1.87. The number of rotatable bonds is 1. The van der Waals surface area contributed by atoms with E-state index in [4.69, 9.17) is 0 Å². The standard InChI is InChI=1S/C13H12N4/c1-9-5-6-14-12(7-9)10-3-4-11-13(15-10)8-17(2)16-11/h3-8H,1-2H3. The van der Waals surface area contributed by atoms with Crippen molar-refractivity contribution in [2.75, 3.05) is 0 Å². The molecule has 0 saturated heterocycles. The maximum absolute atomic E-state index is 4.56. The van der Waals surface area contributed by atoms with Gasteiger partial charge in [0.05, 0.1) is 17.6 Å². The summed E-state index contributed by atoms with van der Waals surface area (Å²) in [6, 6.07) is 7.94. The Labute approximate surface area is 98.9 Å². The summed E-state index contributed by atoms with van der Waals surface area (Å²) >= 11 is 0. The molecule has 0 fully saturated rings. The first kappa shape index (κ1) is 9.96. The van der Waals surface area contributed by atoms with Crippen molar-refractivity contribution < 1.29 is 0 Å². The molecule has 0 atom stereocenters. The van der Waals surface area contributed by atoms with Crippen LogP contribution in [0.3, 0.4) is 0 Å². The van der Waals surface area contributed by atoms with E-state index < -0.39 is 0 Å². The zero-order valence-corrected chi connectivity index (χ0v) is 9.75. The highest BCUT2D eigenvalue weighted by molar-refractivity contribution is 5.76. The first-order chi connectivity index (χ1) is 8.22. The zero-order valence-electron chi connectivity index (χ0n) is 9.75. The number of pyridine rings is 2. The molecule has 3 rings (SSSR count). The van der Waals surface area contributed by atoms with Gasteiger partial charge in [-0.15, -0.1) is 0 Å². The van der Waals surface area contributed by atoms with Gasteiger partial charge in [0.15, 0.2) is 0 Å². The van der Waals surface area contributed by atoms with Crippen LogP contribution in [-0.4, -0.2) is 19.7 Å². The van der Waals surface area contributed by atoms with E-state index in [0.717, 1.165) is 22.4 Å². The van der Waals surface area contributed by atoms with Crippen molar-refractivity contribution in [3.8, 4) is 11.4 Å². The maximum atomic E-state index is 4.56. The van der Waals surface area contributed by atoms with E-state index in [1.165, 1.54) is 5.56 Å². The van der Waals surface area contributed by atoms with Crippen LogP contribution in [0.15, 0.2) is 36.7 Å². The van der Waals surface area contributed by atoms with Crippen molar-refractivity contribution in [1.29, 1.82) is 0 Å². The molecule has 0 saturated carbocycles. The molecule has 0 bridgehead atoms. The van der Waals surface area contributed by atoms with E-state index in [1.807, 2.05) is 44.4 Å².